The van der Waals surface area contributed by atoms with Gasteiger partial charge in [0.1, 0.15) is 5.65 Å². The normalized spacial score (nSPS) is 11.1. The molecule has 9 aromatic rings. The van der Waals surface area contributed by atoms with E-state index in [1.54, 1.807) is 0 Å². The van der Waals surface area contributed by atoms with Crippen molar-refractivity contribution in [2.24, 2.45) is 0 Å². The van der Waals surface area contributed by atoms with Crippen LogP contribution in [0.3, 0.4) is 0 Å². The van der Waals surface area contributed by atoms with E-state index in [4.69, 9.17) is 24.9 Å². The summed E-state index contributed by atoms with van der Waals surface area (Å²) in [5, 5.41) is 0. The molecule has 0 saturated carbocycles. The number of pyridine rings is 2. The van der Waals surface area contributed by atoms with Crippen molar-refractivity contribution in [1.82, 2.24) is 29.3 Å². The molecular weight excluding hydrogens is 625 g/mol. The van der Waals surface area contributed by atoms with E-state index >= 15 is 0 Å². The summed E-state index contributed by atoms with van der Waals surface area (Å²) in [6.07, 6.45) is 2.07. The van der Waals surface area contributed by atoms with Gasteiger partial charge in [0.25, 0.3) is 0 Å². The number of imidazole rings is 1. The SMILES string of the molecule is c1ccc(-c2nc(-c3ccccc3)nc(-c3cccc(-c4cccc(-c5ccc(-c6nc7ccccn7c6-c6ccccc6)cc5)n4)c3)n2)cc1. The third kappa shape index (κ3) is 5.96. The molecule has 6 heteroatoms. The first-order valence-electron chi connectivity index (χ1n) is 16.8. The summed E-state index contributed by atoms with van der Waals surface area (Å²) < 4.78 is 2.15. The Labute approximate surface area is 295 Å². The van der Waals surface area contributed by atoms with Crippen LogP contribution in [0.15, 0.2) is 182 Å². The van der Waals surface area contributed by atoms with Gasteiger partial charge in [-0.05, 0) is 30.3 Å². The van der Waals surface area contributed by atoms with E-state index in [0.29, 0.717) is 17.5 Å². The summed E-state index contributed by atoms with van der Waals surface area (Å²) >= 11 is 0. The van der Waals surface area contributed by atoms with Gasteiger partial charge in [-0.15, -0.1) is 0 Å². The zero-order valence-electron chi connectivity index (χ0n) is 27.5. The van der Waals surface area contributed by atoms with Gasteiger partial charge in [0.05, 0.1) is 22.8 Å². The van der Waals surface area contributed by atoms with Gasteiger partial charge in [-0.2, -0.15) is 0 Å². The summed E-state index contributed by atoms with van der Waals surface area (Å²) in [5.41, 5.74) is 11.6. The van der Waals surface area contributed by atoms with Crippen molar-refractivity contribution < 1.29 is 0 Å². The van der Waals surface area contributed by atoms with E-state index in [1.165, 1.54) is 0 Å². The van der Waals surface area contributed by atoms with Crippen LogP contribution in [-0.2, 0) is 0 Å². The van der Waals surface area contributed by atoms with Gasteiger partial charge in [-0.25, -0.2) is 24.9 Å². The summed E-state index contributed by atoms with van der Waals surface area (Å²) in [4.78, 5) is 24.8. The van der Waals surface area contributed by atoms with Crippen LogP contribution < -0.4 is 0 Å². The second kappa shape index (κ2) is 13.1. The number of nitrogens with zero attached hydrogens (tertiary/aromatic N) is 6. The van der Waals surface area contributed by atoms with Crippen molar-refractivity contribution in [3.63, 3.8) is 0 Å². The number of aromatic nitrogens is 6. The number of rotatable bonds is 7. The maximum Gasteiger partial charge on any atom is 0.164 e. The second-order valence-corrected chi connectivity index (χ2v) is 12.2. The molecule has 6 nitrogen and oxygen atoms in total. The van der Waals surface area contributed by atoms with Crippen molar-refractivity contribution in [1.29, 1.82) is 0 Å². The Morgan fingerprint density at radius 1 is 0.314 bits per heavy atom. The lowest BCUT2D eigenvalue weighted by atomic mass is 10.0. The smallest absolute Gasteiger partial charge is 0.164 e. The molecule has 4 heterocycles. The van der Waals surface area contributed by atoms with Crippen molar-refractivity contribution >= 4 is 5.65 Å². The highest BCUT2D eigenvalue weighted by Gasteiger charge is 2.17. The molecule has 0 N–H and O–H groups in total. The maximum atomic E-state index is 5.11. The van der Waals surface area contributed by atoms with Crippen LogP contribution in [0.1, 0.15) is 0 Å². The standard InChI is InChI=1S/C45H30N6/c1-4-14-33(15-5-1)42-41(47-40-24-10-11-29-51(40)42)32-27-25-31(26-28-32)38-22-13-23-39(46-38)36-20-12-21-37(30-36)45-49-43(34-16-6-2-7-17-34)48-44(50-45)35-18-8-3-9-19-35/h1-30H. The minimum Gasteiger partial charge on any atom is -0.299 e. The molecule has 0 radical (unpaired) electrons. The van der Waals surface area contributed by atoms with Crippen LogP contribution in [0, 0.1) is 0 Å². The van der Waals surface area contributed by atoms with Crippen LogP contribution in [0.4, 0.5) is 0 Å². The molecule has 0 fully saturated rings. The van der Waals surface area contributed by atoms with E-state index in [1.807, 2.05) is 109 Å². The average Bonchev–Trinajstić information content (AvgIpc) is 3.62. The Hall–Kier alpha value is -7.05. The summed E-state index contributed by atoms with van der Waals surface area (Å²) in [6.45, 7) is 0. The molecule has 0 amide bonds. The van der Waals surface area contributed by atoms with Gasteiger partial charge >= 0.3 is 0 Å². The van der Waals surface area contributed by atoms with Crippen molar-refractivity contribution in [3.05, 3.63) is 182 Å². The number of hydrogen-bond acceptors (Lipinski definition) is 5. The monoisotopic (exact) mass is 654 g/mol. The molecule has 51 heavy (non-hydrogen) atoms. The van der Waals surface area contributed by atoms with Crippen molar-refractivity contribution in [2.45, 2.75) is 0 Å². The Bertz CT molecular complexity index is 2560. The fraction of sp³-hybridized carbons (Fsp3) is 0. The van der Waals surface area contributed by atoms with Gasteiger partial charge in [-0.1, -0.05) is 146 Å². The zero-order chi connectivity index (χ0) is 34.0. The summed E-state index contributed by atoms with van der Waals surface area (Å²) in [7, 11) is 0. The van der Waals surface area contributed by atoms with Crippen LogP contribution in [0.5, 0.6) is 0 Å². The lowest BCUT2D eigenvalue weighted by Gasteiger charge is -2.10. The highest BCUT2D eigenvalue weighted by atomic mass is 15.0. The second-order valence-electron chi connectivity index (χ2n) is 12.2. The summed E-state index contributed by atoms with van der Waals surface area (Å²) in [6, 6.07) is 59.5. The Kier molecular flexibility index (Phi) is 7.72. The lowest BCUT2D eigenvalue weighted by Crippen LogP contribution is -2.00. The van der Waals surface area contributed by atoms with Crippen molar-refractivity contribution in [2.75, 3.05) is 0 Å². The van der Waals surface area contributed by atoms with E-state index in [2.05, 4.69) is 77.3 Å². The van der Waals surface area contributed by atoms with Crippen LogP contribution in [-0.4, -0.2) is 29.3 Å². The van der Waals surface area contributed by atoms with Gasteiger partial charge in [-0.3, -0.25) is 4.40 Å². The fourth-order valence-corrected chi connectivity index (χ4v) is 6.38. The molecule has 9 rings (SSSR count). The van der Waals surface area contributed by atoms with Crippen LogP contribution >= 0.6 is 0 Å². The Morgan fingerprint density at radius 2 is 0.804 bits per heavy atom. The molecular formula is C45H30N6. The molecule has 0 unspecified atom stereocenters. The van der Waals surface area contributed by atoms with Crippen LogP contribution in [0.2, 0.25) is 0 Å². The molecule has 5 aromatic carbocycles. The first-order valence-corrected chi connectivity index (χ1v) is 16.8. The highest BCUT2D eigenvalue weighted by molar-refractivity contribution is 5.83. The average molecular weight is 655 g/mol. The number of benzene rings is 5. The molecule has 0 bridgehead atoms. The van der Waals surface area contributed by atoms with E-state index < -0.39 is 0 Å². The molecule has 4 aromatic heterocycles. The lowest BCUT2D eigenvalue weighted by molar-refractivity contribution is 1.07. The third-order valence-electron chi connectivity index (χ3n) is 8.90. The van der Waals surface area contributed by atoms with E-state index in [0.717, 1.165) is 67.4 Å². The van der Waals surface area contributed by atoms with Gasteiger partial charge in [0.2, 0.25) is 0 Å². The maximum absolute atomic E-state index is 5.11. The fourth-order valence-electron chi connectivity index (χ4n) is 6.38. The van der Waals surface area contributed by atoms with Gasteiger partial charge in [0.15, 0.2) is 17.5 Å². The predicted octanol–water partition coefficient (Wildman–Crippen LogP) is 10.6. The molecule has 0 aliphatic heterocycles. The van der Waals surface area contributed by atoms with Crippen molar-refractivity contribution in [3.8, 4) is 79.2 Å². The Balaban J connectivity index is 1.06. The predicted molar refractivity (Wildman–Crippen MR) is 204 cm³/mol. The van der Waals surface area contributed by atoms with E-state index in [-0.39, 0.29) is 0 Å². The topological polar surface area (TPSA) is 68.9 Å². The molecule has 0 aliphatic rings. The van der Waals surface area contributed by atoms with Crippen LogP contribution in [0.25, 0.3) is 84.8 Å². The minimum absolute atomic E-state index is 0.609. The first-order chi connectivity index (χ1) is 25.3. The zero-order valence-corrected chi connectivity index (χ0v) is 27.5. The van der Waals surface area contributed by atoms with Gasteiger partial charge < -0.3 is 0 Å². The Morgan fingerprint density at radius 3 is 1.45 bits per heavy atom. The number of fused-ring (bicyclic) bond motifs is 1. The highest BCUT2D eigenvalue weighted by Crippen LogP contribution is 2.34. The largest absolute Gasteiger partial charge is 0.299 e. The van der Waals surface area contributed by atoms with E-state index in [9.17, 15) is 0 Å². The molecule has 240 valence electrons. The molecule has 0 spiro atoms. The number of hydrogen-bond donors (Lipinski definition) is 0. The third-order valence-corrected chi connectivity index (χ3v) is 8.90. The van der Waals surface area contributed by atoms with Gasteiger partial charge in [0, 0.05) is 45.1 Å². The quantitative estimate of drug-likeness (QED) is 0.171. The minimum atomic E-state index is 0.609. The molecule has 0 saturated heterocycles. The summed E-state index contributed by atoms with van der Waals surface area (Å²) in [5.74, 6) is 1.87. The molecule has 0 aliphatic carbocycles. The molecule has 0 atom stereocenters. The first kappa shape index (κ1) is 30.0.